The van der Waals surface area contributed by atoms with Crippen LogP contribution >= 0.6 is 0 Å². The number of benzene rings is 1. The van der Waals surface area contributed by atoms with Crippen molar-refractivity contribution in [3.8, 4) is 0 Å². The van der Waals surface area contributed by atoms with Gasteiger partial charge in [-0.25, -0.2) is 0 Å². The molecule has 0 aliphatic heterocycles. The highest BCUT2D eigenvalue weighted by atomic mass is 16.1. The molecule has 2 atom stereocenters. The Labute approximate surface area is 139 Å². The molecule has 4 heteroatoms. The van der Waals surface area contributed by atoms with Gasteiger partial charge in [0.1, 0.15) is 0 Å². The van der Waals surface area contributed by atoms with Gasteiger partial charge in [-0.1, -0.05) is 18.6 Å². The van der Waals surface area contributed by atoms with Gasteiger partial charge >= 0.3 is 0 Å². The molecule has 0 heterocycles. The Morgan fingerprint density at radius 3 is 2.61 bits per heavy atom. The highest BCUT2D eigenvalue weighted by Crippen LogP contribution is 2.42. The van der Waals surface area contributed by atoms with Gasteiger partial charge in [-0.3, -0.25) is 4.79 Å². The van der Waals surface area contributed by atoms with E-state index in [0.717, 1.165) is 25.1 Å². The number of carbonyl (C=O) groups excluding carboxylic acids is 1. The van der Waals surface area contributed by atoms with Crippen LogP contribution in [0.5, 0.6) is 0 Å². The van der Waals surface area contributed by atoms with E-state index >= 15 is 0 Å². The first-order valence-corrected chi connectivity index (χ1v) is 8.83. The zero-order valence-electron chi connectivity index (χ0n) is 14.3. The third-order valence-electron chi connectivity index (χ3n) is 5.48. The van der Waals surface area contributed by atoms with E-state index in [0.29, 0.717) is 17.9 Å². The normalized spacial score (nSPS) is 30.3. The Morgan fingerprint density at radius 2 is 1.96 bits per heavy atom. The molecule has 2 aliphatic rings. The zero-order valence-corrected chi connectivity index (χ0v) is 14.3. The summed E-state index contributed by atoms with van der Waals surface area (Å²) in [6, 6.07) is 8.48. The fraction of sp³-hybridized carbons (Fsp3) is 0.632. The first-order valence-electron chi connectivity index (χ1n) is 8.83. The van der Waals surface area contributed by atoms with Crippen LogP contribution in [0.3, 0.4) is 0 Å². The number of amides is 1. The van der Waals surface area contributed by atoms with Gasteiger partial charge in [-0.05, 0) is 69.3 Å². The molecule has 0 radical (unpaired) electrons. The van der Waals surface area contributed by atoms with Crippen LogP contribution in [0.1, 0.15) is 37.7 Å². The van der Waals surface area contributed by atoms with E-state index < -0.39 is 0 Å². The molecule has 0 aromatic heterocycles. The summed E-state index contributed by atoms with van der Waals surface area (Å²) >= 11 is 0. The van der Waals surface area contributed by atoms with Gasteiger partial charge in [0.15, 0.2) is 0 Å². The van der Waals surface area contributed by atoms with Crippen molar-refractivity contribution in [2.24, 2.45) is 23.5 Å². The van der Waals surface area contributed by atoms with E-state index in [1.165, 1.54) is 24.8 Å². The lowest BCUT2D eigenvalue weighted by Crippen LogP contribution is -2.48. The molecule has 0 spiro atoms. The van der Waals surface area contributed by atoms with E-state index in [1.54, 1.807) is 0 Å². The number of rotatable bonds is 4. The van der Waals surface area contributed by atoms with Crippen molar-refractivity contribution in [3.63, 3.8) is 0 Å². The van der Waals surface area contributed by atoms with Crippen LogP contribution in [0.4, 0.5) is 5.69 Å². The van der Waals surface area contributed by atoms with Gasteiger partial charge in [-0.15, -0.1) is 0 Å². The first kappa shape index (κ1) is 16.5. The largest absolute Gasteiger partial charge is 0.327 e. The van der Waals surface area contributed by atoms with Crippen LogP contribution < -0.4 is 11.1 Å². The van der Waals surface area contributed by atoms with E-state index in [2.05, 4.69) is 36.4 Å². The molecule has 3 N–H and O–H groups in total. The van der Waals surface area contributed by atoms with Crippen LogP contribution in [0.2, 0.25) is 0 Å². The Kier molecular flexibility index (Phi) is 5.02. The molecule has 2 saturated carbocycles. The molecule has 4 nitrogen and oxygen atoms in total. The summed E-state index contributed by atoms with van der Waals surface area (Å²) in [6.07, 6.45) is 5.59. The van der Waals surface area contributed by atoms with Gasteiger partial charge in [0.2, 0.25) is 5.91 Å². The van der Waals surface area contributed by atoms with Crippen molar-refractivity contribution in [3.05, 3.63) is 29.8 Å². The zero-order chi connectivity index (χ0) is 16.4. The van der Waals surface area contributed by atoms with E-state index in [9.17, 15) is 4.79 Å². The second-order valence-corrected chi connectivity index (χ2v) is 7.62. The van der Waals surface area contributed by atoms with Crippen molar-refractivity contribution >= 4 is 11.6 Å². The number of fused-ring (bicyclic) bond motifs is 2. The maximum atomic E-state index is 12.7. The summed E-state index contributed by atoms with van der Waals surface area (Å²) in [5, 5.41) is 3.13. The summed E-state index contributed by atoms with van der Waals surface area (Å²) in [6.45, 7) is 0.881. The SMILES string of the molecule is CN(C)Cc1cccc(NC(=O)C2CC3CCCC(C2)C3N)c1. The number of hydrogen-bond donors (Lipinski definition) is 2. The maximum absolute atomic E-state index is 12.7. The van der Waals surface area contributed by atoms with Crippen molar-refractivity contribution in [2.75, 3.05) is 19.4 Å². The van der Waals surface area contributed by atoms with E-state index in [-0.39, 0.29) is 11.8 Å². The molecule has 0 saturated heterocycles. The van der Waals surface area contributed by atoms with Gasteiger partial charge in [0.05, 0.1) is 0 Å². The standard InChI is InChI=1S/C19H29N3O/c1-22(2)12-13-5-3-8-17(9-13)21-19(23)16-10-14-6-4-7-15(11-16)18(14)20/h3,5,8-9,14-16,18H,4,6-7,10-12,20H2,1-2H3,(H,21,23). The maximum Gasteiger partial charge on any atom is 0.227 e. The predicted octanol–water partition coefficient (Wildman–Crippen LogP) is 2.84. The molecular weight excluding hydrogens is 286 g/mol. The molecule has 23 heavy (non-hydrogen) atoms. The van der Waals surface area contributed by atoms with Crippen LogP contribution in [-0.4, -0.2) is 30.9 Å². The molecule has 2 aliphatic carbocycles. The molecule has 2 fully saturated rings. The number of hydrogen-bond acceptors (Lipinski definition) is 3. The van der Waals surface area contributed by atoms with Gasteiger partial charge in [-0.2, -0.15) is 0 Å². The first-order chi connectivity index (χ1) is 11.0. The molecule has 1 amide bonds. The van der Waals surface area contributed by atoms with Crippen LogP contribution in [0, 0.1) is 17.8 Å². The number of nitrogens with two attached hydrogens (primary N) is 1. The molecular formula is C19H29N3O. The third-order valence-corrected chi connectivity index (χ3v) is 5.48. The van der Waals surface area contributed by atoms with Gasteiger partial charge in [0.25, 0.3) is 0 Å². The summed E-state index contributed by atoms with van der Waals surface area (Å²) in [5.41, 5.74) is 8.46. The average molecular weight is 315 g/mol. The highest BCUT2D eigenvalue weighted by Gasteiger charge is 2.40. The Morgan fingerprint density at radius 1 is 1.26 bits per heavy atom. The number of nitrogens with one attached hydrogen (secondary N) is 1. The van der Waals surface area contributed by atoms with Crippen molar-refractivity contribution < 1.29 is 4.79 Å². The minimum Gasteiger partial charge on any atom is -0.327 e. The monoisotopic (exact) mass is 315 g/mol. The van der Waals surface area contributed by atoms with Crippen LogP contribution in [0.15, 0.2) is 24.3 Å². The van der Waals surface area contributed by atoms with Crippen molar-refractivity contribution in [2.45, 2.75) is 44.7 Å². The lowest BCUT2D eigenvalue weighted by molar-refractivity contribution is -0.122. The summed E-state index contributed by atoms with van der Waals surface area (Å²) in [7, 11) is 4.10. The fourth-order valence-corrected chi connectivity index (χ4v) is 4.36. The van der Waals surface area contributed by atoms with Crippen molar-refractivity contribution in [1.82, 2.24) is 4.90 Å². The van der Waals surface area contributed by atoms with E-state index in [1.807, 2.05) is 12.1 Å². The molecule has 126 valence electrons. The predicted molar refractivity (Wildman–Crippen MR) is 94.0 cm³/mol. The number of anilines is 1. The Balaban J connectivity index is 1.63. The highest BCUT2D eigenvalue weighted by molar-refractivity contribution is 5.92. The minimum atomic E-state index is 0.127. The minimum absolute atomic E-state index is 0.127. The van der Waals surface area contributed by atoms with Gasteiger partial charge < -0.3 is 16.0 Å². The molecule has 1 aromatic carbocycles. The summed E-state index contributed by atoms with van der Waals surface area (Å²) in [4.78, 5) is 14.8. The average Bonchev–Trinajstić information content (AvgIpc) is 2.46. The molecule has 2 unspecified atom stereocenters. The second kappa shape index (κ2) is 7.02. The van der Waals surface area contributed by atoms with Crippen LogP contribution in [0.25, 0.3) is 0 Å². The fourth-order valence-electron chi connectivity index (χ4n) is 4.36. The lowest BCUT2D eigenvalue weighted by atomic mass is 9.65. The van der Waals surface area contributed by atoms with Gasteiger partial charge in [0, 0.05) is 24.2 Å². The van der Waals surface area contributed by atoms with Crippen molar-refractivity contribution in [1.29, 1.82) is 0 Å². The molecule has 3 rings (SSSR count). The Hall–Kier alpha value is -1.39. The third kappa shape index (κ3) is 3.93. The second-order valence-electron chi connectivity index (χ2n) is 7.62. The number of carbonyl (C=O) groups is 1. The summed E-state index contributed by atoms with van der Waals surface area (Å²) < 4.78 is 0. The molecule has 1 aromatic rings. The van der Waals surface area contributed by atoms with Crippen LogP contribution in [-0.2, 0) is 11.3 Å². The smallest absolute Gasteiger partial charge is 0.227 e. The summed E-state index contributed by atoms with van der Waals surface area (Å²) in [5.74, 6) is 1.38. The van der Waals surface area contributed by atoms with E-state index in [4.69, 9.17) is 5.73 Å². The number of nitrogens with zero attached hydrogens (tertiary/aromatic N) is 1. The topological polar surface area (TPSA) is 58.4 Å². The molecule has 2 bridgehead atoms. The lowest BCUT2D eigenvalue weighted by Gasteiger charge is -2.43. The quantitative estimate of drug-likeness (QED) is 0.898. The Bertz CT molecular complexity index is 543.